The van der Waals surface area contributed by atoms with Crippen LogP contribution in [0.4, 0.5) is 5.69 Å². The Morgan fingerprint density at radius 3 is 2.71 bits per heavy atom. The number of amides is 1. The van der Waals surface area contributed by atoms with Crippen molar-refractivity contribution in [1.82, 2.24) is 19.9 Å². The average molecular weight is 375 g/mol. The third-order valence-corrected chi connectivity index (χ3v) is 4.58. The number of para-hydroxylation sites is 1. The molecule has 7 heteroatoms. The van der Waals surface area contributed by atoms with E-state index in [-0.39, 0.29) is 17.9 Å². The lowest BCUT2D eigenvalue weighted by Gasteiger charge is -2.06. The minimum atomic E-state index is -0.188. The first-order chi connectivity index (χ1) is 13.5. The highest BCUT2D eigenvalue weighted by atomic mass is 16.1. The molecule has 0 aliphatic rings. The molecule has 28 heavy (non-hydrogen) atoms. The van der Waals surface area contributed by atoms with Crippen molar-refractivity contribution < 1.29 is 4.79 Å². The standard InChI is InChI=1S/C21H21N5O2/c1-12(2)20-24-16-8-7-13(11-17(16)25-20)22-19(27)10-9-18-23-15-6-4-3-5-14(15)21(28)26-18/h3-8,11-12H,9-10H2,1-2H3,(H,22,27)(H,24,25)(H,23,26,28). The molecule has 142 valence electrons. The van der Waals surface area contributed by atoms with Crippen LogP contribution in [0.25, 0.3) is 21.9 Å². The van der Waals surface area contributed by atoms with Gasteiger partial charge in [-0.25, -0.2) is 9.97 Å². The summed E-state index contributed by atoms with van der Waals surface area (Å²) in [7, 11) is 0. The fraction of sp³-hybridized carbons (Fsp3) is 0.238. The van der Waals surface area contributed by atoms with E-state index in [1.807, 2.05) is 24.3 Å². The number of anilines is 1. The van der Waals surface area contributed by atoms with Crippen LogP contribution < -0.4 is 10.9 Å². The number of rotatable bonds is 5. The highest BCUT2D eigenvalue weighted by Crippen LogP contribution is 2.20. The van der Waals surface area contributed by atoms with Crippen molar-refractivity contribution in [3.05, 3.63) is 64.5 Å². The lowest BCUT2D eigenvalue weighted by molar-refractivity contribution is -0.116. The summed E-state index contributed by atoms with van der Waals surface area (Å²) in [6.07, 6.45) is 0.579. The number of imidazole rings is 1. The van der Waals surface area contributed by atoms with Crippen LogP contribution in [0, 0.1) is 0 Å². The summed E-state index contributed by atoms with van der Waals surface area (Å²) in [5.41, 5.74) is 2.91. The molecule has 0 aliphatic carbocycles. The summed E-state index contributed by atoms with van der Waals surface area (Å²) in [6.45, 7) is 4.15. The molecule has 7 nitrogen and oxygen atoms in total. The van der Waals surface area contributed by atoms with E-state index < -0.39 is 0 Å². The van der Waals surface area contributed by atoms with E-state index >= 15 is 0 Å². The summed E-state index contributed by atoms with van der Waals surface area (Å²) in [5.74, 6) is 1.59. The fourth-order valence-corrected chi connectivity index (χ4v) is 3.09. The first-order valence-electron chi connectivity index (χ1n) is 9.27. The number of benzene rings is 2. The molecule has 0 saturated carbocycles. The van der Waals surface area contributed by atoms with Crippen LogP contribution >= 0.6 is 0 Å². The second-order valence-corrected chi connectivity index (χ2v) is 7.09. The second kappa shape index (κ2) is 7.26. The molecule has 3 N–H and O–H groups in total. The van der Waals surface area contributed by atoms with Gasteiger partial charge in [0.2, 0.25) is 5.91 Å². The summed E-state index contributed by atoms with van der Waals surface area (Å²) in [6, 6.07) is 12.8. The SMILES string of the molecule is CC(C)c1nc2ccc(NC(=O)CCc3nc4ccccc4c(=O)[nH]3)cc2[nH]1. The Hall–Kier alpha value is -3.48. The zero-order chi connectivity index (χ0) is 19.7. The van der Waals surface area contributed by atoms with Crippen LogP contribution in [0.1, 0.15) is 37.8 Å². The maximum absolute atomic E-state index is 12.3. The number of aromatic amines is 2. The molecule has 0 aliphatic heterocycles. The second-order valence-electron chi connectivity index (χ2n) is 7.09. The van der Waals surface area contributed by atoms with Crippen LogP contribution in [0.3, 0.4) is 0 Å². The van der Waals surface area contributed by atoms with Crippen LogP contribution in [-0.2, 0) is 11.2 Å². The summed E-state index contributed by atoms with van der Waals surface area (Å²) < 4.78 is 0. The Balaban J connectivity index is 1.44. The van der Waals surface area contributed by atoms with Gasteiger partial charge in [0, 0.05) is 24.4 Å². The molecule has 0 saturated heterocycles. The first-order valence-corrected chi connectivity index (χ1v) is 9.27. The van der Waals surface area contributed by atoms with Gasteiger partial charge in [-0.15, -0.1) is 0 Å². The monoisotopic (exact) mass is 375 g/mol. The average Bonchev–Trinajstić information content (AvgIpc) is 3.10. The van der Waals surface area contributed by atoms with E-state index in [0.29, 0.717) is 34.8 Å². The fourth-order valence-electron chi connectivity index (χ4n) is 3.09. The Labute approximate surface area is 161 Å². The lowest BCUT2D eigenvalue weighted by Crippen LogP contribution is -2.16. The molecule has 2 aromatic heterocycles. The Bertz CT molecular complexity index is 1220. The topological polar surface area (TPSA) is 104 Å². The summed E-state index contributed by atoms with van der Waals surface area (Å²) >= 11 is 0. The van der Waals surface area contributed by atoms with Crippen molar-refractivity contribution >= 4 is 33.5 Å². The number of hydrogen-bond acceptors (Lipinski definition) is 4. The predicted molar refractivity (Wildman–Crippen MR) is 109 cm³/mol. The van der Waals surface area contributed by atoms with Crippen LogP contribution in [0.15, 0.2) is 47.3 Å². The highest BCUT2D eigenvalue weighted by Gasteiger charge is 2.10. The number of hydrogen-bond donors (Lipinski definition) is 3. The van der Waals surface area contributed by atoms with Crippen LogP contribution in [0.5, 0.6) is 0 Å². The number of carbonyl (C=O) groups excluding carboxylic acids is 1. The van der Waals surface area contributed by atoms with Gasteiger partial charge in [0.1, 0.15) is 11.6 Å². The Kier molecular flexibility index (Phi) is 4.65. The smallest absolute Gasteiger partial charge is 0.258 e. The molecule has 0 spiro atoms. The molecular formula is C21H21N5O2. The van der Waals surface area contributed by atoms with E-state index in [1.165, 1.54) is 0 Å². The van der Waals surface area contributed by atoms with E-state index in [9.17, 15) is 9.59 Å². The number of aromatic nitrogens is 4. The molecule has 0 unspecified atom stereocenters. The molecule has 1 amide bonds. The number of nitrogens with zero attached hydrogens (tertiary/aromatic N) is 2. The van der Waals surface area contributed by atoms with Gasteiger partial charge < -0.3 is 15.3 Å². The zero-order valence-corrected chi connectivity index (χ0v) is 15.7. The van der Waals surface area contributed by atoms with Crippen molar-refractivity contribution in [3.63, 3.8) is 0 Å². The van der Waals surface area contributed by atoms with Crippen molar-refractivity contribution in [3.8, 4) is 0 Å². The third kappa shape index (κ3) is 3.64. The zero-order valence-electron chi connectivity index (χ0n) is 15.7. The van der Waals surface area contributed by atoms with Gasteiger partial charge in [-0.1, -0.05) is 26.0 Å². The van der Waals surface area contributed by atoms with Gasteiger partial charge in [-0.2, -0.15) is 0 Å². The van der Waals surface area contributed by atoms with Crippen LogP contribution in [0.2, 0.25) is 0 Å². The summed E-state index contributed by atoms with van der Waals surface area (Å²) in [5, 5.41) is 3.43. The van der Waals surface area contributed by atoms with E-state index in [2.05, 4.69) is 39.1 Å². The van der Waals surface area contributed by atoms with Gasteiger partial charge >= 0.3 is 0 Å². The molecule has 0 atom stereocenters. The molecule has 0 bridgehead atoms. The quantitative estimate of drug-likeness (QED) is 0.497. The predicted octanol–water partition coefficient (Wildman–Crippen LogP) is 3.49. The maximum Gasteiger partial charge on any atom is 0.258 e. The van der Waals surface area contributed by atoms with Gasteiger partial charge in [0.15, 0.2) is 0 Å². The molecular weight excluding hydrogens is 354 g/mol. The number of nitrogens with one attached hydrogen (secondary N) is 3. The normalized spacial score (nSPS) is 11.4. The van der Waals surface area contributed by atoms with Crippen LogP contribution in [-0.4, -0.2) is 25.8 Å². The maximum atomic E-state index is 12.3. The van der Waals surface area contributed by atoms with E-state index in [1.54, 1.807) is 18.2 Å². The van der Waals surface area contributed by atoms with Crippen molar-refractivity contribution in [1.29, 1.82) is 0 Å². The van der Waals surface area contributed by atoms with Gasteiger partial charge in [-0.05, 0) is 30.3 Å². The largest absolute Gasteiger partial charge is 0.342 e. The van der Waals surface area contributed by atoms with Gasteiger partial charge in [-0.3, -0.25) is 9.59 Å². The highest BCUT2D eigenvalue weighted by molar-refractivity contribution is 5.93. The van der Waals surface area contributed by atoms with Crippen molar-refractivity contribution in [2.24, 2.45) is 0 Å². The van der Waals surface area contributed by atoms with E-state index in [4.69, 9.17) is 0 Å². The number of carbonyl (C=O) groups is 1. The number of aryl methyl sites for hydroxylation is 1. The summed E-state index contributed by atoms with van der Waals surface area (Å²) in [4.78, 5) is 39.4. The Morgan fingerprint density at radius 2 is 1.89 bits per heavy atom. The van der Waals surface area contributed by atoms with Gasteiger partial charge in [0.25, 0.3) is 5.56 Å². The first kappa shape index (κ1) is 17.9. The number of fused-ring (bicyclic) bond motifs is 2. The molecule has 4 rings (SSSR count). The molecule has 0 radical (unpaired) electrons. The van der Waals surface area contributed by atoms with Crippen molar-refractivity contribution in [2.75, 3.05) is 5.32 Å². The lowest BCUT2D eigenvalue weighted by atomic mass is 10.2. The minimum Gasteiger partial charge on any atom is -0.342 e. The minimum absolute atomic E-state index is 0.140. The Morgan fingerprint density at radius 1 is 1.07 bits per heavy atom. The molecule has 2 heterocycles. The molecule has 4 aromatic rings. The molecule has 0 fully saturated rings. The third-order valence-electron chi connectivity index (χ3n) is 4.58. The van der Waals surface area contributed by atoms with E-state index in [0.717, 1.165) is 16.9 Å². The number of H-pyrrole nitrogens is 2. The molecule has 2 aromatic carbocycles. The van der Waals surface area contributed by atoms with Crippen molar-refractivity contribution in [2.45, 2.75) is 32.6 Å². The van der Waals surface area contributed by atoms with Gasteiger partial charge in [0.05, 0.1) is 21.9 Å².